The van der Waals surface area contributed by atoms with Gasteiger partial charge < -0.3 is 4.52 Å². The Labute approximate surface area is 196 Å². The SMILES string of the molecule is C=C/C=C(\C=C/C)C(/C)=C(/N=NC)c1nc(-c2cc(F)ccc2F)no1.Cc1ccccc1F. The Kier molecular flexibility index (Phi) is 9.89. The van der Waals surface area contributed by atoms with Gasteiger partial charge in [-0.15, -0.1) is 0 Å². The number of azo groups is 1. The van der Waals surface area contributed by atoms with Gasteiger partial charge in [0.05, 0.1) is 5.56 Å². The lowest BCUT2D eigenvalue weighted by Crippen LogP contribution is -1.92. The van der Waals surface area contributed by atoms with Crippen molar-refractivity contribution in [1.29, 1.82) is 0 Å². The van der Waals surface area contributed by atoms with Crippen molar-refractivity contribution in [2.45, 2.75) is 20.8 Å². The lowest BCUT2D eigenvalue weighted by Gasteiger charge is -2.04. The zero-order valence-electron chi connectivity index (χ0n) is 19.4. The van der Waals surface area contributed by atoms with Gasteiger partial charge in [-0.25, -0.2) is 13.2 Å². The van der Waals surface area contributed by atoms with Crippen molar-refractivity contribution in [3.63, 3.8) is 0 Å². The van der Waals surface area contributed by atoms with Crippen LogP contribution in [0.15, 0.2) is 99.2 Å². The van der Waals surface area contributed by atoms with E-state index >= 15 is 0 Å². The topological polar surface area (TPSA) is 63.6 Å². The number of nitrogens with zero attached hydrogens (tertiary/aromatic N) is 4. The van der Waals surface area contributed by atoms with Crippen LogP contribution in [0.2, 0.25) is 0 Å². The van der Waals surface area contributed by atoms with E-state index < -0.39 is 11.6 Å². The first kappa shape index (κ1) is 26.2. The molecule has 0 saturated carbocycles. The largest absolute Gasteiger partial charge is 0.332 e. The lowest BCUT2D eigenvalue weighted by molar-refractivity contribution is 0.406. The van der Waals surface area contributed by atoms with E-state index in [-0.39, 0.29) is 23.1 Å². The fourth-order valence-corrected chi connectivity index (χ4v) is 2.78. The predicted octanol–water partition coefficient (Wildman–Crippen LogP) is 7.65. The molecule has 0 amide bonds. The number of hydrogen-bond acceptors (Lipinski definition) is 5. The molecule has 8 heteroatoms. The summed E-state index contributed by atoms with van der Waals surface area (Å²) in [7, 11) is 1.50. The second kappa shape index (κ2) is 12.8. The van der Waals surface area contributed by atoms with Crippen molar-refractivity contribution in [1.82, 2.24) is 10.1 Å². The Morgan fingerprint density at radius 2 is 1.82 bits per heavy atom. The van der Waals surface area contributed by atoms with Gasteiger partial charge in [0.15, 0.2) is 5.70 Å². The Hall–Kier alpha value is -4.07. The number of hydrogen-bond donors (Lipinski definition) is 0. The van der Waals surface area contributed by atoms with Crippen LogP contribution in [0.25, 0.3) is 17.1 Å². The van der Waals surface area contributed by atoms with Crippen molar-refractivity contribution in [2.24, 2.45) is 10.2 Å². The molecule has 0 fully saturated rings. The van der Waals surface area contributed by atoms with Gasteiger partial charge in [-0.1, -0.05) is 54.2 Å². The average Bonchev–Trinajstić information content (AvgIpc) is 3.30. The van der Waals surface area contributed by atoms with E-state index in [0.717, 1.165) is 23.8 Å². The molecule has 0 aliphatic rings. The van der Waals surface area contributed by atoms with Gasteiger partial charge in [0, 0.05) is 7.05 Å². The number of allylic oxidation sites excluding steroid dienone is 6. The summed E-state index contributed by atoms with van der Waals surface area (Å²) in [6, 6.07) is 9.73. The summed E-state index contributed by atoms with van der Waals surface area (Å²) in [6.07, 6.45) is 7.16. The van der Waals surface area contributed by atoms with E-state index in [2.05, 4.69) is 26.9 Å². The highest BCUT2D eigenvalue weighted by Gasteiger charge is 2.19. The van der Waals surface area contributed by atoms with Gasteiger partial charge in [-0.05, 0) is 61.7 Å². The fraction of sp³-hybridized carbons (Fsp3) is 0.154. The molecule has 34 heavy (non-hydrogen) atoms. The van der Waals surface area contributed by atoms with E-state index in [0.29, 0.717) is 16.8 Å². The van der Waals surface area contributed by atoms with Gasteiger partial charge in [-0.2, -0.15) is 15.2 Å². The number of rotatable bonds is 6. The molecule has 3 aromatic rings. The highest BCUT2D eigenvalue weighted by molar-refractivity contribution is 5.68. The third kappa shape index (κ3) is 6.96. The highest BCUT2D eigenvalue weighted by atomic mass is 19.1. The number of benzene rings is 2. The summed E-state index contributed by atoms with van der Waals surface area (Å²) in [6.45, 7) is 9.12. The maximum absolute atomic E-state index is 13.9. The van der Waals surface area contributed by atoms with Gasteiger partial charge in [0.2, 0.25) is 5.82 Å². The van der Waals surface area contributed by atoms with E-state index in [1.165, 1.54) is 13.1 Å². The van der Waals surface area contributed by atoms with Crippen LogP contribution in [-0.4, -0.2) is 17.2 Å². The molecule has 0 N–H and O–H groups in total. The second-order valence-corrected chi connectivity index (χ2v) is 6.93. The summed E-state index contributed by atoms with van der Waals surface area (Å²) in [5.41, 5.74) is 2.47. The quantitative estimate of drug-likeness (QED) is 0.277. The van der Waals surface area contributed by atoms with Crippen LogP contribution in [-0.2, 0) is 0 Å². The molecule has 0 unspecified atom stereocenters. The lowest BCUT2D eigenvalue weighted by atomic mass is 10.0. The molecule has 3 rings (SSSR count). The molecule has 176 valence electrons. The molecule has 0 spiro atoms. The molecular formula is C26H25F3N4O. The Bertz CT molecular complexity index is 1240. The molecule has 1 heterocycles. The van der Waals surface area contributed by atoms with Crippen molar-refractivity contribution >= 4 is 5.70 Å². The molecule has 0 saturated heterocycles. The Balaban J connectivity index is 0.000000430. The monoisotopic (exact) mass is 466 g/mol. The molecular weight excluding hydrogens is 441 g/mol. The summed E-state index contributed by atoms with van der Waals surface area (Å²) >= 11 is 0. The van der Waals surface area contributed by atoms with Crippen molar-refractivity contribution in [2.75, 3.05) is 7.05 Å². The van der Waals surface area contributed by atoms with Crippen LogP contribution in [0.4, 0.5) is 13.2 Å². The van der Waals surface area contributed by atoms with Gasteiger partial charge >= 0.3 is 0 Å². The summed E-state index contributed by atoms with van der Waals surface area (Å²) in [5, 5.41) is 11.6. The molecule has 0 bridgehead atoms. The molecule has 0 aliphatic carbocycles. The zero-order valence-corrected chi connectivity index (χ0v) is 19.4. The molecule has 0 atom stereocenters. The smallest absolute Gasteiger partial charge is 0.279 e. The summed E-state index contributed by atoms with van der Waals surface area (Å²) < 4.78 is 44.9. The first-order valence-corrected chi connectivity index (χ1v) is 10.3. The van der Waals surface area contributed by atoms with Gasteiger partial charge in [0.1, 0.15) is 17.5 Å². The van der Waals surface area contributed by atoms with Crippen LogP contribution >= 0.6 is 0 Å². The van der Waals surface area contributed by atoms with E-state index in [1.54, 1.807) is 31.2 Å². The Morgan fingerprint density at radius 3 is 2.41 bits per heavy atom. The van der Waals surface area contributed by atoms with Crippen LogP contribution in [0.5, 0.6) is 0 Å². The normalized spacial score (nSPS) is 12.5. The van der Waals surface area contributed by atoms with E-state index in [1.807, 2.05) is 32.1 Å². The first-order valence-electron chi connectivity index (χ1n) is 10.3. The van der Waals surface area contributed by atoms with Crippen LogP contribution in [0, 0.1) is 24.4 Å². The van der Waals surface area contributed by atoms with Crippen molar-refractivity contribution < 1.29 is 17.7 Å². The van der Waals surface area contributed by atoms with Gasteiger partial charge in [-0.3, -0.25) is 0 Å². The maximum Gasteiger partial charge on any atom is 0.279 e. The summed E-state index contributed by atoms with van der Waals surface area (Å²) in [5.74, 6) is -1.41. The van der Waals surface area contributed by atoms with Crippen molar-refractivity contribution in [3.8, 4) is 11.4 Å². The fourth-order valence-electron chi connectivity index (χ4n) is 2.78. The minimum atomic E-state index is -0.653. The minimum Gasteiger partial charge on any atom is -0.332 e. The second-order valence-electron chi connectivity index (χ2n) is 6.93. The highest BCUT2D eigenvalue weighted by Crippen LogP contribution is 2.28. The van der Waals surface area contributed by atoms with Crippen molar-refractivity contribution in [3.05, 3.63) is 113 Å². The third-order valence-corrected chi connectivity index (χ3v) is 4.51. The van der Waals surface area contributed by atoms with E-state index in [9.17, 15) is 13.2 Å². The first-order chi connectivity index (χ1) is 16.3. The number of halogens is 3. The number of aromatic nitrogens is 2. The summed E-state index contributed by atoms with van der Waals surface area (Å²) in [4.78, 5) is 4.15. The van der Waals surface area contributed by atoms with Crippen LogP contribution < -0.4 is 0 Å². The predicted molar refractivity (Wildman–Crippen MR) is 127 cm³/mol. The number of aryl methyl sites for hydroxylation is 1. The van der Waals surface area contributed by atoms with Gasteiger partial charge in [0.25, 0.3) is 5.89 Å². The molecule has 5 nitrogen and oxygen atoms in total. The van der Waals surface area contributed by atoms with Crippen LogP contribution in [0.3, 0.4) is 0 Å². The molecule has 1 aromatic heterocycles. The van der Waals surface area contributed by atoms with E-state index in [4.69, 9.17) is 4.52 Å². The maximum atomic E-state index is 13.9. The molecule has 0 radical (unpaired) electrons. The molecule has 2 aromatic carbocycles. The zero-order chi connectivity index (χ0) is 25.1. The third-order valence-electron chi connectivity index (χ3n) is 4.51. The van der Waals surface area contributed by atoms with Crippen LogP contribution in [0.1, 0.15) is 25.3 Å². The Morgan fingerprint density at radius 1 is 1.09 bits per heavy atom. The minimum absolute atomic E-state index is 0.0474. The average molecular weight is 467 g/mol. The standard InChI is InChI=1S/C19H18F2N4O.C7H7F/c1-5-7-13(8-6-2)12(3)17(24-22-4)19-23-18(25-26-19)15-11-14(20)9-10-16(15)21;1-6-4-2-3-5-7(6)8/h5-11H,1H2,2-4H3;2-5H,1H3/b8-6-,13-7+,17-12+,24-22?;. The molecule has 0 aliphatic heterocycles.